The minimum Gasteiger partial charge on any atom is -0.458 e. The highest BCUT2D eigenvalue weighted by Gasteiger charge is 2.33. The molecular weight excluding hydrogens is 152 g/mol. The van der Waals surface area contributed by atoms with Crippen molar-refractivity contribution in [2.75, 3.05) is 0 Å². The molecule has 3 atom stereocenters. The molecule has 0 unspecified atom stereocenters. The number of hydrogen-bond acceptors (Lipinski definition) is 2. The van der Waals surface area contributed by atoms with Gasteiger partial charge in [0, 0.05) is 12.8 Å². The lowest BCUT2D eigenvalue weighted by molar-refractivity contribution is -0.146. The average Bonchev–Trinajstić information content (AvgIpc) is 2.39. The van der Waals surface area contributed by atoms with Gasteiger partial charge in [-0.1, -0.05) is 6.08 Å². The van der Waals surface area contributed by atoms with Crippen molar-refractivity contribution in [3.63, 3.8) is 0 Å². The number of rotatable bonds is 1. The van der Waals surface area contributed by atoms with Crippen LogP contribution in [0.15, 0.2) is 12.2 Å². The van der Waals surface area contributed by atoms with E-state index < -0.39 is 0 Å². The Hall–Kier alpha value is -0.790. The van der Waals surface area contributed by atoms with Crippen molar-refractivity contribution in [2.24, 2.45) is 11.8 Å². The Morgan fingerprint density at radius 1 is 1.42 bits per heavy atom. The fourth-order valence-corrected chi connectivity index (χ4v) is 2.28. The standard InChI is InChI=1S/C10H14O2/c1-7(11)12-10-5-3-8-2-4-9(10)6-8/h3,5,8-10H,2,4,6H2,1H3/t8-,9-,10+/m0/s1. The van der Waals surface area contributed by atoms with E-state index in [0.717, 1.165) is 5.92 Å². The number of carbonyl (C=O) groups is 1. The number of allylic oxidation sites excluding steroid dienone is 1. The van der Waals surface area contributed by atoms with E-state index in [-0.39, 0.29) is 12.1 Å². The molecule has 12 heavy (non-hydrogen) atoms. The van der Waals surface area contributed by atoms with Gasteiger partial charge in [0.2, 0.25) is 0 Å². The Kier molecular flexibility index (Phi) is 1.91. The predicted molar refractivity (Wildman–Crippen MR) is 45.5 cm³/mol. The Balaban J connectivity index is 2.02. The molecule has 66 valence electrons. The normalized spacial score (nSPS) is 38.2. The van der Waals surface area contributed by atoms with E-state index in [1.807, 2.05) is 0 Å². The molecule has 0 aliphatic heterocycles. The second kappa shape index (κ2) is 2.92. The average molecular weight is 166 g/mol. The van der Waals surface area contributed by atoms with Crippen LogP contribution in [0.2, 0.25) is 0 Å². The predicted octanol–water partition coefficient (Wildman–Crippen LogP) is 1.90. The van der Waals surface area contributed by atoms with Gasteiger partial charge in [0.05, 0.1) is 0 Å². The molecule has 2 bridgehead atoms. The number of ether oxygens (including phenoxy) is 1. The van der Waals surface area contributed by atoms with E-state index in [9.17, 15) is 4.79 Å². The highest BCUT2D eigenvalue weighted by Crippen LogP contribution is 2.39. The summed E-state index contributed by atoms with van der Waals surface area (Å²) in [5, 5.41) is 0. The van der Waals surface area contributed by atoms with Crippen LogP contribution in [0.1, 0.15) is 26.2 Å². The lowest BCUT2D eigenvalue weighted by Gasteiger charge is -2.23. The smallest absolute Gasteiger partial charge is 0.303 e. The minimum absolute atomic E-state index is 0.0706. The lowest BCUT2D eigenvalue weighted by atomic mass is 9.93. The number of carbonyl (C=O) groups excluding carboxylic acids is 1. The van der Waals surface area contributed by atoms with Gasteiger partial charge in [0.15, 0.2) is 0 Å². The second-order valence-electron chi connectivity index (χ2n) is 3.79. The molecule has 0 saturated heterocycles. The van der Waals surface area contributed by atoms with Crippen molar-refractivity contribution in [2.45, 2.75) is 32.3 Å². The van der Waals surface area contributed by atoms with E-state index in [0.29, 0.717) is 5.92 Å². The molecule has 2 rings (SSSR count). The topological polar surface area (TPSA) is 26.3 Å². The van der Waals surface area contributed by atoms with Crippen LogP contribution in [0.25, 0.3) is 0 Å². The first kappa shape index (κ1) is 7.84. The summed E-state index contributed by atoms with van der Waals surface area (Å²) < 4.78 is 5.20. The fourth-order valence-electron chi connectivity index (χ4n) is 2.28. The maximum Gasteiger partial charge on any atom is 0.303 e. The van der Waals surface area contributed by atoms with Gasteiger partial charge in [-0.05, 0) is 31.3 Å². The van der Waals surface area contributed by atoms with E-state index in [1.165, 1.54) is 26.2 Å². The van der Waals surface area contributed by atoms with Crippen LogP contribution in [0.5, 0.6) is 0 Å². The van der Waals surface area contributed by atoms with Gasteiger partial charge >= 0.3 is 5.97 Å². The van der Waals surface area contributed by atoms with Gasteiger partial charge in [-0.25, -0.2) is 0 Å². The lowest BCUT2D eigenvalue weighted by Crippen LogP contribution is -2.24. The molecule has 0 aromatic carbocycles. The molecule has 0 aromatic heterocycles. The first-order chi connectivity index (χ1) is 5.75. The maximum absolute atomic E-state index is 10.7. The summed E-state index contributed by atoms with van der Waals surface area (Å²) >= 11 is 0. The molecule has 2 aliphatic rings. The van der Waals surface area contributed by atoms with E-state index in [1.54, 1.807) is 0 Å². The molecular formula is C10H14O2. The first-order valence-electron chi connectivity index (χ1n) is 4.61. The van der Waals surface area contributed by atoms with Crippen molar-refractivity contribution in [1.82, 2.24) is 0 Å². The Morgan fingerprint density at radius 2 is 2.25 bits per heavy atom. The third kappa shape index (κ3) is 1.38. The Bertz CT molecular complexity index is 220. The van der Waals surface area contributed by atoms with E-state index in [2.05, 4.69) is 12.2 Å². The molecule has 1 saturated carbocycles. The van der Waals surface area contributed by atoms with Gasteiger partial charge in [-0.15, -0.1) is 0 Å². The zero-order chi connectivity index (χ0) is 8.55. The third-order valence-corrected chi connectivity index (χ3v) is 2.85. The summed E-state index contributed by atoms with van der Waals surface area (Å²) in [4.78, 5) is 10.7. The molecule has 0 aromatic rings. The monoisotopic (exact) mass is 166 g/mol. The molecule has 0 N–H and O–H groups in total. The molecule has 1 fully saturated rings. The fraction of sp³-hybridized carbons (Fsp3) is 0.700. The molecule has 0 radical (unpaired) electrons. The summed E-state index contributed by atoms with van der Waals surface area (Å²) in [5.74, 6) is 1.21. The number of hydrogen-bond donors (Lipinski definition) is 0. The SMILES string of the molecule is CC(=O)O[C@@H]1C=C[C@@H]2CC[C@H]1C2. The van der Waals surface area contributed by atoms with Crippen LogP contribution in [-0.4, -0.2) is 12.1 Å². The van der Waals surface area contributed by atoms with Gasteiger partial charge in [-0.2, -0.15) is 0 Å². The molecule has 2 nitrogen and oxygen atoms in total. The quantitative estimate of drug-likeness (QED) is 0.439. The highest BCUT2D eigenvalue weighted by molar-refractivity contribution is 5.66. The molecule has 0 amide bonds. The summed E-state index contributed by atoms with van der Waals surface area (Å²) in [6, 6.07) is 0. The van der Waals surface area contributed by atoms with Gasteiger partial charge < -0.3 is 4.74 Å². The van der Waals surface area contributed by atoms with Crippen molar-refractivity contribution >= 4 is 5.97 Å². The highest BCUT2D eigenvalue weighted by atomic mass is 16.5. The summed E-state index contributed by atoms with van der Waals surface area (Å²) in [6.45, 7) is 1.48. The van der Waals surface area contributed by atoms with Crippen LogP contribution >= 0.6 is 0 Å². The van der Waals surface area contributed by atoms with Crippen LogP contribution in [0.4, 0.5) is 0 Å². The number of fused-ring (bicyclic) bond motifs is 2. The largest absolute Gasteiger partial charge is 0.458 e. The first-order valence-corrected chi connectivity index (χ1v) is 4.61. The van der Waals surface area contributed by atoms with Crippen LogP contribution in [0.3, 0.4) is 0 Å². The van der Waals surface area contributed by atoms with Crippen molar-refractivity contribution in [3.05, 3.63) is 12.2 Å². The maximum atomic E-state index is 10.7. The molecule has 0 heterocycles. The van der Waals surface area contributed by atoms with Crippen LogP contribution in [-0.2, 0) is 9.53 Å². The molecule has 0 spiro atoms. The van der Waals surface area contributed by atoms with Crippen molar-refractivity contribution < 1.29 is 9.53 Å². The molecule has 2 aliphatic carbocycles. The zero-order valence-electron chi connectivity index (χ0n) is 7.32. The van der Waals surface area contributed by atoms with Crippen molar-refractivity contribution in [3.8, 4) is 0 Å². The zero-order valence-corrected chi connectivity index (χ0v) is 7.32. The Labute approximate surface area is 72.6 Å². The third-order valence-electron chi connectivity index (χ3n) is 2.85. The summed E-state index contributed by atoms with van der Waals surface area (Å²) in [6.07, 6.45) is 8.05. The van der Waals surface area contributed by atoms with Crippen molar-refractivity contribution in [1.29, 1.82) is 0 Å². The number of esters is 1. The minimum atomic E-state index is -0.157. The van der Waals surface area contributed by atoms with E-state index >= 15 is 0 Å². The summed E-state index contributed by atoms with van der Waals surface area (Å²) in [5.41, 5.74) is 0. The van der Waals surface area contributed by atoms with Gasteiger partial charge in [0.25, 0.3) is 0 Å². The Morgan fingerprint density at radius 3 is 3.00 bits per heavy atom. The van der Waals surface area contributed by atoms with Crippen LogP contribution < -0.4 is 0 Å². The van der Waals surface area contributed by atoms with Gasteiger partial charge in [-0.3, -0.25) is 4.79 Å². The second-order valence-corrected chi connectivity index (χ2v) is 3.79. The van der Waals surface area contributed by atoms with Crippen LogP contribution in [0, 0.1) is 11.8 Å². The molecule has 2 heteroatoms. The summed E-state index contributed by atoms with van der Waals surface area (Å²) in [7, 11) is 0. The van der Waals surface area contributed by atoms with E-state index in [4.69, 9.17) is 4.74 Å². The van der Waals surface area contributed by atoms with Gasteiger partial charge in [0.1, 0.15) is 6.10 Å².